The molecular formula is C31H36N12O3. The molecule has 1 saturated carbocycles. The minimum Gasteiger partial charge on any atom is -0.487 e. The Bertz CT molecular complexity index is 1650. The fraction of sp³-hybridized carbons (Fsp3) is 0.484. The highest BCUT2D eigenvalue weighted by atomic mass is 16.5. The second-order valence-corrected chi connectivity index (χ2v) is 11.4. The second-order valence-electron chi connectivity index (χ2n) is 11.4. The number of aromatic nitrogens is 8. The van der Waals surface area contributed by atoms with E-state index in [2.05, 4.69) is 47.8 Å². The van der Waals surface area contributed by atoms with Crippen LogP contribution < -0.4 is 14.8 Å². The number of rotatable bonds is 12. The molecule has 3 aromatic heterocycles. The van der Waals surface area contributed by atoms with Crippen LogP contribution in [0.2, 0.25) is 0 Å². The number of morpholine rings is 1. The van der Waals surface area contributed by atoms with Crippen molar-refractivity contribution in [3.8, 4) is 34.9 Å². The number of nitriles is 2. The minimum absolute atomic E-state index is 0.239. The number of tetrazole rings is 1. The Balaban J connectivity index is 1.13. The highest BCUT2D eigenvalue weighted by molar-refractivity contribution is 5.67. The number of hydrogen-bond donors (Lipinski definition) is 1. The smallest absolute Gasteiger partial charge is 0.256 e. The van der Waals surface area contributed by atoms with Gasteiger partial charge in [0.15, 0.2) is 0 Å². The first-order valence-electron chi connectivity index (χ1n) is 15.5. The predicted molar refractivity (Wildman–Crippen MR) is 165 cm³/mol. The molecule has 2 aliphatic rings. The molecule has 1 saturated heterocycles. The summed E-state index contributed by atoms with van der Waals surface area (Å²) in [4.78, 5) is 11.6. The van der Waals surface area contributed by atoms with Gasteiger partial charge in [-0.1, -0.05) is 6.07 Å². The lowest BCUT2D eigenvalue weighted by molar-refractivity contribution is 0.00503. The van der Waals surface area contributed by atoms with E-state index in [1.54, 1.807) is 29.2 Å². The van der Waals surface area contributed by atoms with Crippen molar-refractivity contribution >= 4 is 11.6 Å². The third-order valence-electron chi connectivity index (χ3n) is 8.25. The molecule has 0 spiro atoms. The Morgan fingerprint density at radius 1 is 1.07 bits per heavy atom. The molecular weight excluding hydrogens is 588 g/mol. The third kappa shape index (κ3) is 7.56. The van der Waals surface area contributed by atoms with E-state index in [4.69, 9.17) is 24.6 Å². The molecule has 4 heterocycles. The monoisotopic (exact) mass is 624 g/mol. The fourth-order valence-electron chi connectivity index (χ4n) is 5.91. The molecule has 1 N–H and O–H groups in total. The van der Waals surface area contributed by atoms with Gasteiger partial charge in [0, 0.05) is 37.1 Å². The van der Waals surface area contributed by atoms with Crippen LogP contribution in [-0.2, 0) is 11.3 Å². The first-order chi connectivity index (χ1) is 22.6. The molecule has 6 rings (SSSR count). The van der Waals surface area contributed by atoms with Gasteiger partial charge in [0.05, 0.1) is 50.1 Å². The van der Waals surface area contributed by atoms with Crippen molar-refractivity contribution in [2.45, 2.75) is 63.8 Å². The van der Waals surface area contributed by atoms with E-state index in [1.807, 2.05) is 23.9 Å². The standard InChI is InChI=1S/C31H36N12O3/c1-22(19-42-21-36-39-40-42)46-29-15-23(3-4-24(29)16-33)25-17-34-31(35-18-25)37-28-20-43(38-30(28)45-12-2-9-32)27-7-5-26(6-8-27)41-10-13-44-14-11-41/h3-4,15,17-18,20-22,26-27H,2,5-8,10-14,19H2,1H3,(H,34,35,37). The van der Waals surface area contributed by atoms with Crippen LogP contribution in [0.4, 0.5) is 11.6 Å². The highest BCUT2D eigenvalue weighted by Crippen LogP contribution is 2.35. The molecule has 0 radical (unpaired) electrons. The van der Waals surface area contributed by atoms with Crippen LogP contribution in [0.5, 0.6) is 11.6 Å². The maximum atomic E-state index is 9.63. The molecule has 46 heavy (non-hydrogen) atoms. The van der Waals surface area contributed by atoms with Gasteiger partial charge in [-0.05, 0) is 60.7 Å². The minimum atomic E-state index is -0.279. The van der Waals surface area contributed by atoms with Crippen molar-refractivity contribution in [3.05, 3.63) is 48.7 Å². The van der Waals surface area contributed by atoms with E-state index in [-0.39, 0.29) is 25.2 Å². The maximum absolute atomic E-state index is 9.63. The van der Waals surface area contributed by atoms with Crippen LogP contribution in [0.15, 0.2) is 43.1 Å². The summed E-state index contributed by atoms with van der Waals surface area (Å²) in [6.07, 6.45) is 11.1. The van der Waals surface area contributed by atoms with Crippen molar-refractivity contribution in [2.24, 2.45) is 0 Å². The molecule has 1 unspecified atom stereocenters. The largest absolute Gasteiger partial charge is 0.487 e. The number of anilines is 2. The van der Waals surface area contributed by atoms with Crippen LogP contribution in [0, 0.1) is 22.7 Å². The van der Waals surface area contributed by atoms with Crippen LogP contribution in [0.3, 0.4) is 0 Å². The molecule has 15 heteroatoms. The van der Waals surface area contributed by atoms with Crippen molar-refractivity contribution in [2.75, 3.05) is 38.2 Å². The number of hydrogen-bond acceptors (Lipinski definition) is 13. The van der Waals surface area contributed by atoms with Gasteiger partial charge in [0.1, 0.15) is 36.5 Å². The SMILES string of the molecule is CC(Cn1cnnn1)Oc1cc(-c2cnc(Nc3cn(C4CCC(N5CCOCC5)CC4)nc3OCCC#N)nc2)ccc1C#N. The third-order valence-corrected chi connectivity index (χ3v) is 8.25. The Morgan fingerprint density at radius 2 is 1.85 bits per heavy atom. The Morgan fingerprint density at radius 3 is 2.57 bits per heavy atom. The highest BCUT2D eigenvalue weighted by Gasteiger charge is 2.29. The van der Waals surface area contributed by atoms with Crippen molar-refractivity contribution in [1.29, 1.82) is 10.5 Å². The molecule has 1 aliphatic heterocycles. The van der Waals surface area contributed by atoms with E-state index in [1.165, 1.54) is 6.33 Å². The quantitative estimate of drug-likeness (QED) is 0.227. The molecule has 15 nitrogen and oxygen atoms in total. The number of nitrogens with one attached hydrogen (secondary N) is 1. The van der Waals surface area contributed by atoms with Gasteiger partial charge < -0.3 is 19.5 Å². The lowest BCUT2D eigenvalue weighted by Gasteiger charge is -2.38. The van der Waals surface area contributed by atoms with Gasteiger partial charge in [0.25, 0.3) is 5.88 Å². The zero-order chi connectivity index (χ0) is 31.7. The summed E-state index contributed by atoms with van der Waals surface area (Å²) in [5.41, 5.74) is 2.62. The molecule has 238 valence electrons. The van der Waals surface area contributed by atoms with Crippen LogP contribution in [0.1, 0.15) is 50.6 Å². The molecule has 0 bridgehead atoms. The van der Waals surface area contributed by atoms with E-state index in [9.17, 15) is 5.26 Å². The Labute approximate surface area is 266 Å². The van der Waals surface area contributed by atoms with Gasteiger partial charge in [-0.2, -0.15) is 10.5 Å². The summed E-state index contributed by atoms with van der Waals surface area (Å²) < 4.78 is 21.0. The Kier molecular flexibility index (Phi) is 9.92. The average Bonchev–Trinajstić information content (AvgIpc) is 3.75. The van der Waals surface area contributed by atoms with Gasteiger partial charge in [-0.25, -0.2) is 14.6 Å². The van der Waals surface area contributed by atoms with E-state index in [0.29, 0.717) is 41.4 Å². The fourth-order valence-corrected chi connectivity index (χ4v) is 5.91. The second kappa shape index (κ2) is 14.8. The van der Waals surface area contributed by atoms with E-state index < -0.39 is 0 Å². The molecule has 0 amide bonds. The summed E-state index contributed by atoms with van der Waals surface area (Å²) in [6.45, 7) is 6.19. The lowest BCUT2D eigenvalue weighted by atomic mass is 9.90. The summed E-state index contributed by atoms with van der Waals surface area (Å²) in [5, 5.41) is 37.8. The van der Waals surface area contributed by atoms with E-state index in [0.717, 1.165) is 63.1 Å². The van der Waals surface area contributed by atoms with E-state index >= 15 is 0 Å². The van der Waals surface area contributed by atoms with Gasteiger partial charge in [-0.3, -0.25) is 9.58 Å². The topological polar surface area (TPSA) is 178 Å². The molecule has 2 fully saturated rings. The maximum Gasteiger partial charge on any atom is 0.256 e. The van der Waals surface area contributed by atoms with Gasteiger partial charge >= 0.3 is 0 Å². The van der Waals surface area contributed by atoms with Crippen molar-refractivity contribution < 1.29 is 14.2 Å². The van der Waals surface area contributed by atoms with Crippen LogP contribution in [0.25, 0.3) is 11.1 Å². The molecule has 1 aliphatic carbocycles. The number of nitrogens with zero attached hydrogens (tertiary/aromatic N) is 11. The zero-order valence-corrected chi connectivity index (χ0v) is 25.7. The predicted octanol–water partition coefficient (Wildman–Crippen LogP) is 3.52. The summed E-state index contributed by atoms with van der Waals surface area (Å²) in [5.74, 6) is 1.25. The Hall–Kier alpha value is -5.12. The van der Waals surface area contributed by atoms with Crippen LogP contribution >= 0.6 is 0 Å². The zero-order valence-electron chi connectivity index (χ0n) is 25.7. The van der Waals surface area contributed by atoms with Gasteiger partial charge in [0.2, 0.25) is 5.95 Å². The molecule has 4 aromatic rings. The summed E-state index contributed by atoms with van der Waals surface area (Å²) in [6, 6.07) is 10.5. The van der Waals surface area contributed by atoms with Crippen molar-refractivity contribution in [3.63, 3.8) is 0 Å². The van der Waals surface area contributed by atoms with Gasteiger partial charge in [-0.15, -0.1) is 10.2 Å². The lowest BCUT2D eigenvalue weighted by Crippen LogP contribution is -2.45. The summed E-state index contributed by atoms with van der Waals surface area (Å²) in [7, 11) is 0. The number of benzene rings is 1. The summed E-state index contributed by atoms with van der Waals surface area (Å²) >= 11 is 0. The average molecular weight is 625 g/mol. The normalized spacial score (nSPS) is 19.1. The van der Waals surface area contributed by atoms with Crippen LogP contribution in [-0.4, -0.2) is 89.9 Å². The molecule has 1 aromatic carbocycles. The number of ether oxygens (including phenoxy) is 3. The first kappa shape index (κ1) is 30.9. The molecule has 1 atom stereocenters. The van der Waals surface area contributed by atoms with Crippen molar-refractivity contribution in [1.82, 2.24) is 44.9 Å². The first-order valence-corrected chi connectivity index (χ1v) is 15.5.